The fraction of sp³-hybridized carbons (Fsp3) is 0.538. The second-order valence-corrected chi connectivity index (χ2v) is 4.82. The lowest BCUT2D eigenvalue weighted by atomic mass is 10.1. The summed E-state index contributed by atoms with van der Waals surface area (Å²) in [6.07, 6.45) is -4.39. The molecule has 1 rings (SSSR count). The molecule has 21 heavy (non-hydrogen) atoms. The zero-order valence-corrected chi connectivity index (χ0v) is 11.7. The number of anilines is 1. The number of rotatable bonds is 6. The lowest BCUT2D eigenvalue weighted by Gasteiger charge is -2.29. The lowest BCUT2D eigenvalue weighted by molar-refractivity contribution is -0.388. The molecular formula is C13H17F3N2O3. The zero-order valence-electron chi connectivity index (χ0n) is 11.7. The number of nitrogens with zero attached hydrogens (tertiary/aromatic N) is 2. The Hall–Kier alpha value is -1.83. The molecule has 0 saturated carbocycles. The van der Waals surface area contributed by atoms with Gasteiger partial charge in [-0.2, -0.15) is 13.2 Å². The second kappa shape index (κ2) is 6.75. The largest absolute Gasteiger partial charge is 0.423 e. The van der Waals surface area contributed by atoms with Crippen LogP contribution < -0.4 is 4.90 Å². The summed E-state index contributed by atoms with van der Waals surface area (Å²) in [5.74, 6) is 0. The van der Waals surface area contributed by atoms with Gasteiger partial charge in [-0.1, -0.05) is 0 Å². The van der Waals surface area contributed by atoms with Crippen molar-refractivity contribution in [2.75, 3.05) is 18.1 Å². The third-order valence-electron chi connectivity index (χ3n) is 2.99. The van der Waals surface area contributed by atoms with Crippen LogP contribution in [0.1, 0.15) is 25.8 Å². The minimum atomic E-state index is -4.79. The fourth-order valence-electron chi connectivity index (χ4n) is 2.02. The van der Waals surface area contributed by atoms with Crippen molar-refractivity contribution >= 4 is 11.4 Å². The van der Waals surface area contributed by atoms with E-state index in [4.69, 9.17) is 5.11 Å². The van der Waals surface area contributed by atoms with Crippen LogP contribution in [0.5, 0.6) is 0 Å². The number of halogens is 3. The van der Waals surface area contributed by atoms with Crippen LogP contribution >= 0.6 is 0 Å². The normalized spacial score (nSPS) is 11.8. The maximum Gasteiger partial charge on any atom is 0.423 e. The first-order valence-electron chi connectivity index (χ1n) is 6.41. The predicted octanol–water partition coefficient (Wildman–Crippen LogP) is 3.21. The smallest absolute Gasteiger partial charge is 0.396 e. The molecule has 0 saturated heterocycles. The van der Waals surface area contributed by atoms with E-state index in [-0.39, 0.29) is 18.3 Å². The van der Waals surface area contributed by atoms with Gasteiger partial charge in [0, 0.05) is 30.9 Å². The molecule has 1 aromatic rings. The summed E-state index contributed by atoms with van der Waals surface area (Å²) in [6, 6.07) is 2.85. The Bertz CT molecular complexity index is 504. The van der Waals surface area contributed by atoms with Crippen molar-refractivity contribution in [3.05, 3.63) is 33.9 Å². The molecule has 1 N–H and O–H groups in total. The SMILES string of the molecule is CC(C)N(CCCO)c1ccc([N+](=O)[O-])c(C(F)(F)F)c1. The van der Waals surface area contributed by atoms with Gasteiger partial charge < -0.3 is 10.0 Å². The maximum atomic E-state index is 12.9. The first-order chi connectivity index (χ1) is 9.68. The van der Waals surface area contributed by atoms with Gasteiger partial charge in [-0.3, -0.25) is 10.1 Å². The molecule has 0 atom stereocenters. The van der Waals surface area contributed by atoms with Crippen molar-refractivity contribution in [3.63, 3.8) is 0 Å². The molecular weight excluding hydrogens is 289 g/mol. The molecule has 0 aromatic heterocycles. The van der Waals surface area contributed by atoms with Crippen LogP contribution in [0.15, 0.2) is 18.2 Å². The first-order valence-corrected chi connectivity index (χ1v) is 6.41. The van der Waals surface area contributed by atoms with Crippen molar-refractivity contribution in [3.8, 4) is 0 Å². The monoisotopic (exact) mass is 306 g/mol. The van der Waals surface area contributed by atoms with Crippen molar-refractivity contribution in [1.29, 1.82) is 0 Å². The average molecular weight is 306 g/mol. The van der Waals surface area contributed by atoms with Crippen LogP contribution in [0.3, 0.4) is 0 Å². The number of benzene rings is 1. The summed E-state index contributed by atoms with van der Waals surface area (Å²) in [7, 11) is 0. The number of nitro groups is 1. The van der Waals surface area contributed by atoms with Gasteiger partial charge in [0.05, 0.1) is 4.92 Å². The number of hydrogen-bond donors (Lipinski definition) is 1. The molecule has 0 aliphatic heterocycles. The third-order valence-corrected chi connectivity index (χ3v) is 2.99. The molecule has 118 valence electrons. The van der Waals surface area contributed by atoms with E-state index in [0.717, 1.165) is 12.1 Å². The summed E-state index contributed by atoms with van der Waals surface area (Å²) < 4.78 is 38.8. The molecule has 0 amide bonds. The van der Waals surface area contributed by atoms with Crippen molar-refractivity contribution in [2.45, 2.75) is 32.5 Å². The van der Waals surface area contributed by atoms with E-state index in [1.165, 1.54) is 6.07 Å². The lowest BCUT2D eigenvalue weighted by Crippen LogP contribution is -2.32. The van der Waals surface area contributed by atoms with E-state index in [1.807, 2.05) is 0 Å². The summed E-state index contributed by atoms with van der Waals surface area (Å²) in [5, 5.41) is 19.6. The molecule has 0 fully saturated rings. The number of hydrogen-bond acceptors (Lipinski definition) is 4. The van der Waals surface area contributed by atoms with E-state index in [2.05, 4.69) is 0 Å². The Kier molecular flexibility index (Phi) is 5.54. The molecule has 5 nitrogen and oxygen atoms in total. The Morgan fingerprint density at radius 1 is 1.38 bits per heavy atom. The average Bonchev–Trinajstić information content (AvgIpc) is 2.37. The van der Waals surface area contributed by atoms with E-state index < -0.39 is 22.4 Å². The summed E-state index contributed by atoms with van der Waals surface area (Å²) >= 11 is 0. The van der Waals surface area contributed by atoms with Crippen molar-refractivity contribution < 1.29 is 23.2 Å². The molecule has 0 spiro atoms. The van der Waals surface area contributed by atoms with Gasteiger partial charge in [0.2, 0.25) is 0 Å². The van der Waals surface area contributed by atoms with Gasteiger partial charge in [0.15, 0.2) is 0 Å². The number of aliphatic hydroxyl groups is 1. The van der Waals surface area contributed by atoms with Gasteiger partial charge in [-0.05, 0) is 32.4 Å². The quantitative estimate of drug-likeness (QED) is 0.647. The molecule has 0 aliphatic carbocycles. The van der Waals surface area contributed by atoms with Gasteiger partial charge in [-0.25, -0.2) is 0 Å². The number of alkyl halides is 3. The zero-order chi connectivity index (χ0) is 16.2. The highest BCUT2D eigenvalue weighted by Crippen LogP contribution is 2.38. The summed E-state index contributed by atoms with van der Waals surface area (Å²) in [5.41, 5.74) is -1.98. The predicted molar refractivity (Wildman–Crippen MR) is 72.3 cm³/mol. The Morgan fingerprint density at radius 3 is 2.43 bits per heavy atom. The molecule has 0 unspecified atom stereocenters. The van der Waals surface area contributed by atoms with Gasteiger partial charge in [0.1, 0.15) is 5.56 Å². The van der Waals surface area contributed by atoms with Gasteiger partial charge in [-0.15, -0.1) is 0 Å². The minimum Gasteiger partial charge on any atom is -0.396 e. The van der Waals surface area contributed by atoms with Crippen LogP contribution in [0.2, 0.25) is 0 Å². The van der Waals surface area contributed by atoms with Crippen LogP contribution in [0, 0.1) is 10.1 Å². The van der Waals surface area contributed by atoms with E-state index >= 15 is 0 Å². The number of aliphatic hydroxyl groups excluding tert-OH is 1. The molecule has 0 bridgehead atoms. The molecule has 0 heterocycles. The molecule has 0 radical (unpaired) electrons. The summed E-state index contributed by atoms with van der Waals surface area (Å²) in [6.45, 7) is 3.88. The maximum absolute atomic E-state index is 12.9. The highest BCUT2D eigenvalue weighted by molar-refractivity contribution is 5.57. The Balaban J connectivity index is 3.28. The topological polar surface area (TPSA) is 66.6 Å². The molecule has 8 heteroatoms. The van der Waals surface area contributed by atoms with Gasteiger partial charge >= 0.3 is 6.18 Å². The highest BCUT2D eigenvalue weighted by Gasteiger charge is 2.38. The van der Waals surface area contributed by atoms with Crippen LogP contribution in [-0.4, -0.2) is 29.2 Å². The third kappa shape index (κ3) is 4.32. The second-order valence-electron chi connectivity index (χ2n) is 4.82. The van der Waals surface area contributed by atoms with Crippen LogP contribution in [-0.2, 0) is 6.18 Å². The standard InChI is InChI=1S/C13H17F3N2O3/c1-9(2)17(6-3-7-19)10-4-5-12(18(20)21)11(8-10)13(14,15)16/h4-5,8-9,19H,3,6-7H2,1-2H3. The number of nitro benzene ring substituents is 1. The van der Waals surface area contributed by atoms with E-state index in [1.54, 1.807) is 18.7 Å². The first kappa shape index (κ1) is 17.2. The Labute approximate surface area is 120 Å². The van der Waals surface area contributed by atoms with E-state index in [9.17, 15) is 23.3 Å². The van der Waals surface area contributed by atoms with Gasteiger partial charge in [0.25, 0.3) is 5.69 Å². The van der Waals surface area contributed by atoms with Crippen LogP contribution in [0.4, 0.5) is 24.5 Å². The Morgan fingerprint density at radius 2 is 2.00 bits per heavy atom. The molecule has 0 aliphatic rings. The summed E-state index contributed by atoms with van der Waals surface area (Å²) in [4.78, 5) is 11.3. The van der Waals surface area contributed by atoms with E-state index in [0.29, 0.717) is 13.0 Å². The fourth-order valence-corrected chi connectivity index (χ4v) is 2.02. The van der Waals surface area contributed by atoms with Crippen LogP contribution in [0.25, 0.3) is 0 Å². The minimum absolute atomic E-state index is 0.0810. The molecule has 1 aromatic carbocycles. The highest BCUT2D eigenvalue weighted by atomic mass is 19.4. The van der Waals surface area contributed by atoms with Crippen molar-refractivity contribution in [1.82, 2.24) is 0 Å². The van der Waals surface area contributed by atoms with Crippen molar-refractivity contribution in [2.24, 2.45) is 0 Å².